The average molecular weight is 294 g/mol. The van der Waals surface area contributed by atoms with E-state index < -0.39 is 4.92 Å². The Morgan fingerprint density at radius 1 is 1.50 bits per heavy atom. The van der Waals surface area contributed by atoms with Crippen LogP contribution in [-0.2, 0) is 19.4 Å². The van der Waals surface area contributed by atoms with Crippen LogP contribution in [0, 0.1) is 10.1 Å². The molecule has 1 aliphatic heterocycles. The molecule has 0 aliphatic carbocycles. The first-order chi connectivity index (χ1) is 9.63. The molecule has 104 valence electrons. The van der Waals surface area contributed by atoms with E-state index in [9.17, 15) is 10.1 Å². The summed E-state index contributed by atoms with van der Waals surface area (Å²) in [5.74, 6) is 0.653. The summed E-state index contributed by atoms with van der Waals surface area (Å²) >= 11 is 5.76. The SMILES string of the molecule is O=[N+]([O-])c1nn(CCc2ccc3c(c2)CCO3)cc1Cl. The molecule has 2 heterocycles. The topological polar surface area (TPSA) is 70.2 Å². The third kappa shape index (κ3) is 2.46. The molecular weight excluding hydrogens is 282 g/mol. The van der Waals surface area contributed by atoms with Crippen LogP contribution < -0.4 is 4.74 Å². The fourth-order valence-corrected chi connectivity index (χ4v) is 2.48. The number of hydrogen-bond donors (Lipinski definition) is 0. The molecule has 1 aromatic carbocycles. The van der Waals surface area contributed by atoms with E-state index in [1.54, 1.807) is 0 Å². The molecule has 0 spiro atoms. The van der Waals surface area contributed by atoms with E-state index in [0.29, 0.717) is 6.54 Å². The lowest BCUT2D eigenvalue weighted by atomic mass is 10.1. The van der Waals surface area contributed by atoms with Crippen LogP contribution in [0.3, 0.4) is 0 Å². The zero-order valence-electron chi connectivity index (χ0n) is 10.6. The first kappa shape index (κ1) is 12.9. The Bertz CT molecular complexity index is 669. The highest BCUT2D eigenvalue weighted by Gasteiger charge is 2.19. The molecule has 0 N–H and O–H groups in total. The molecule has 3 rings (SSSR count). The number of benzene rings is 1. The largest absolute Gasteiger partial charge is 0.493 e. The highest BCUT2D eigenvalue weighted by Crippen LogP contribution is 2.26. The normalized spacial score (nSPS) is 13.1. The van der Waals surface area contributed by atoms with Crippen LogP contribution >= 0.6 is 11.6 Å². The van der Waals surface area contributed by atoms with Crippen molar-refractivity contribution >= 4 is 17.4 Å². The summed E-state index contributed by atoms with van der Waals surface area (Å²) in [5.41, 5.74) is 2.37. The van der Waals surface area contributed by atoms with Crippen LogP contribution in [-0.4, -0.2) is 21.3 Å². The zero-order valence-corrected chi connectivity index (χ0v) is 11.3. The number of aromatic nitrogens is 2. The lowest BCUT2D eigenvalue weighted by Gasteiger charge is -2.03. The molecular formula is C13H12ClN3O3. The predicted molar refractivity (Wildman–Crippen MR) is 73.2 cm³/mol. The van der Waals surface area contributed by atoms with Crippen LogP contribution in [0.25, 0.3) is 0 Å². The number of aryl methyl sites for hydroxylation is 2. The summed E-state index contributed by atoms with van der Waals surface area (Å²) < 4.78 is 6.96. The summed E-state index contributed by atoms with van der Waals surface area (Å²) in [6, 6.07) is 6.09. The lowest BCUT2D eigenvalue weighted by molar-refractivity contribution is -0.389. The number of nitrogens with zero attached hydrogens (tertiary/aromatic N) is 3. The number of ether oxygens (including phenoxy) is 1. The standard InChI is InChI=1S/C13H12ClN3O3/c14-11-8-16(15-13(11)17(18)19)5-3-9-1-2-12-10(7-9)4-6-20-12/h1-2,7-8H,3-6H2. The van der Waals surface area contributed by atoms with Crippen molar-refractivity contribution in [1.82, 2.24) is 9.78 Å². The van der Waals surface area contributed by atoms with Gasteiger partial charge in [-0.3, -0.25) is 0 Å². The molecule has 1 aliphatic rings. The van der Waals surface area contributed by atoms with Gasteiger partial charge in [0, 0.05) is 6.42 Å². The third-order valence-electron chi connectivity index (χ3n) is 3.26. The smallest absolute Gasteiger partial charge is 0.408 e. The van der Waals surface area contributed by atoms with Gasteiger partial charge in [0.1, 0.15) is 5.75 Å². The van der Waals surface area contributed by atoms with Gasteiger partial charge < -0.3 is 14.9 Å². The molecule has 0 amide bonds. The molecule has 7 heteroatoms. The minimum Gasteiger partial charge on any atom is -0.493 e. The maximum atomic E-state index is 10.7. The van der Waals surface area contributed by atoms with Crippen molar-refractivity contribution in [2.75, 3.05) is 6.61 Å². The summed E-state index contributed by atoms with van der Waals surface area (Å²) in [6.45, 7) is 1.28. The molecule has 6 nitrogen and oxygen atoms in total. The van der Waals surface area contributed by atoms with Gasteiger partial charge in [0.25, 0.3) is 0 Å². The number of hydrogen-bond acceptors (Lipinski definition) is 4. The Morgan fingerprint density at radius 2 is 2.35 bits per heavy atom. The van der Waals surface area contributed by atoms with Crippen molar-refractivity contribution in [2.24, 2.45) is 0 Å². The van der Waals surface area contributed by atoms with Crippen molar-refractivity contribution in [1.29, 1.82) is 0 Å². The van der Waals surface area contributed by atoms with E-state index >= 15 is 0 Å². The van der Waals surface area contributed by atoms with Crippen molar-refractivity contribution in [3.8, 4) is 5.75 Å². The quantitative estimate of drug-likeness (QED) is 0.642. The molecule has 2 aromatic rings. The fourth-order valence-electron chi connectivity index (χ4n) is 2.26. The van der Waals surface area contributed by atoms with Gasteiger partial charge in [-0.1, -0.05) is 23.7 Å². The highest BCUT2D eigenvalue weighted by molar-refractivity contribution is 6.32. The molecule has 0 saturated heterocycles. The first-order valence-corrected chi connectivity index (χ1v) is 6.63. The Balaban J connectivity index is 1.70. The minimum absolute atomic E-state index is 0.0670. The minimum atomic E-state index is -0.578. The van der Waals surface area contributed by atoms with E-state index in [0.717, 1.165) is 30.8 Å². The average Bonchev–Trinajstić information content (AvgIpc) is 3.01. The summed E-state index contributed by atoms with van der Waals surface area (Å²) in [7, 11) is 0. The van der Waals surface area contributed by atoms with Crippen molar-refractivity contribution < 1.29 is 9.66 Å². The van der Waals surface area contributed by atoms with E-state index in [1.807, 2.05) is 12.1 Å². The second-order valence-electron chi connectivity index (χ2n) is 4.61. The molecule has 0 atom stereocenters. The van der Waals surface area contributed by atoms with Gasteiger partial charge in [-0.15, -0.1) is 0 Å². The molecule has 20 heavy (non-hydrogen) atoms. The summed E-state index contributed by atoms with van der Waals surface area (Å²) in [5, 5.41) is 14.6. The Kier molecular flexibility index (Phi) is 3.31. The second kappa shape index (κ2) is 5.13. The van der Waals surface area contributed by atoms with E-state index in [4.69, 9.17) is 16.3 Å². The number of rotatable bonds is 4. The monoisotopic (exact) mass is 293 g/mol. The van der Waals surface area contributed by atoms with Crippen molar-refractivity contribution in [3.05, 3.63) is 50.7 Å². The van der Waals surface area contributed by atoms with Gasteiger partial charge in [0.05, 0.1) is 24.4 Å². The third-order valence-corrected chi connectivity index (χ3v) is 3.52. The van der Waals surface area contributed by atoms with Crippen LogP contribution in [0.2, 0.25) is 5.02 Å². The maximum Gasteiger partial charge on any atom is 0.408 e. The Hall–Kier alpha value is -2.08. The predicted octanol–water partition coefficient (Wildman–Crippen LogP) is 2.62. The van der Waals surface area contributed by atoms with E-state index in [1.165, 1.54) is 16.4 Å². The lowest BCUT2D eigenvalue weighted by Crippen LogP contribution is -2.03. The molecule has 0 bridgehead atoms. The molecule has 0 radical (unpaired) electrons. The second-order valence-corrected chi connectivity index (χ2v) is 5.02. The Labute approximate surface area is 120 Å². The fraction of sp³-hybridized carbons (Fsp3) is 0.308. The van der Waals surface area contributed by atoms with Crippen molar-refractivity contribution in [2.45, 2.75) is 19.4 Å². The van der Waals surface area contributed by atoms with Crippen molar-refractivity contribution in [3.63, 3.8) is 0 Å². The first-order valence-electron chi connectivity index (χ1n) is 6.25. The number of halogens is 1. The number of fused-ring (bicyclic) bond motifs is 1. The van der Waals surface area contributed by atoms with E-state index in [-0.39, 0.29) is 10.8 Å². The highest BCUT2D eigenvalue weighted by atomic mass is 35.5. The van der Waals surface area contributed by atoms with Gasteiger partial charge in [0.15, 0.2) is 5.02 Å². The van der Waals surface area contributed by atoms with Crippen LogP contribution in [0.15, 0.2) is 24.4 Å². The summed E-state index contributed by atoms with van der Waals surface area (Å²) in [6.07, 6.45) is 3.15. The maximum absolute atomic E-state index is 10.7. The molecule has 0 unspecified atom stereocenters. The Morgan fingerprint density at radius 3 is 3.10 bits per heavy atom. The van der Waals surface area contributed by atoms with Crippen LogP contribution in [0.4, 0.5) is 5.82 Å². The van der Waals surface area contributed by atoms with Crippen LogP contribution in [0.5, 0.6) is 5.75 Å². The summed E-state index contributed by atoms with van der Waals surface area (Å²) in [4.78, 5) is 10.1. The zero-order chi connectivity index (χ0) is 14.1. The van der Waals surface area contributed by atoms with Gasteiger partial charge >= 0.3 is 5.82 Å². The van der Waals surface area contributed by atoms with E-state index in [2.05, 4.69) is 11.2 Å². The van der Waals surface area contributed by atoms with Gasteiger partial charge in [0.2, 0.25) is 0 Å². The van der Waals surface area contributed by atoms with Gasteiger partial charge in [-0.2, -0.15) is 4.68 Å². The molecule has 0 saturated carbocycles. The molecule has 1 aromatic heterocycles. The van der Waals surface area contributed by atoms with Crippen LogP contribution in [0.1, 0.15) is 11.1 Å². The van der Waals surface area contributed by atoms with Gasteiger partial charge in [-0.05, 0) is 28.5 Å². The van der Waals surface area contributed by atoms with Gasteiger partial charge in [-0.25, -0.2) is 0 Å². The molecule has 0 fully saturated rings. The number of nitro groups is 1.